The van der Waals surface area contributed by atoms with Crippen LogP contribution in [0.3, 0.4) is 0 Å². The lowest BCUT2D eigenvalue weighted by Gasteiger charge is -2.44. The van der Waals surface area contributed by atoms with Gasteiger partial charge < -0.3 is 33.4 Å². The van der Waals surface area contributed by atoms with Gasteiger partial charge in [0.25, 0.3) is 5.91 Å². The molecule has 0 aromatic carbocycles. The minimum absolute atomic E-state index is 0.0748. The summed E-state index contributed by atoms with van der Waals surface area (Å²) in [5.74, 6) is -3.73. The van der Waals surface area contributed by atoms with Crippen molar-refractivity contribution >= 4 is 29.8 Å². The zero-order valence-electron chi connectivity index (χ0n) is 17.3. The van der Waals surface area contributed by atoms with Gasteiger partial charge >= 0.3 is 23.9 Å². The lowest BCUT2D eigenvalue weighted by molar-refractivity contribution is -0.270. The van der Waals surface area contributed by atoms with Crippen molar-refractivity contribution < 1.29 is 52.1 Å². The third kappa shape index (κ3) is 6.81. The van der Waals surface area contributed by atoms with Gasteiger partial charge in [-0.1, -0.05) is 0 Å². The zero-order chi connectivity index (χ0) is 23.1. The molecular weight excluding hydrogens is 418 g/mol. The van der Waals surface area contributed by atoms with Crippen LogP contribution in [0.1, 0.15) is 38.2 Å². The molecule has 1 aromatic heterocycles. The van der Waals surface area contributed by atoms with E-state index >= 15 is 0 Å². The summed E-state index contributed by atoms with van der Waals surface area (Å²) in [5, 5.41) is 2.51. The SMILES string of the molecule is CC(=O)OC[C@@H]1O[C@H](OC(C)=O)[C@H](NC(=O)c2ccco2)[C@@H](OC(C)=O)[C@H]1OC(C)=O. The Kier molecular flexibility index (Phi) is 8.14. The van der Waals surface area contributed by atoms with Gasteiger partial charge in [-0.05, 0) is 12.1 Å². The van der Waals surface area contributed by atoms with Crippen LogP contribution >= 0.6 is 0 Å². The van der Waals surface area contributed by atoms with Crippen LogP contribution in [0.15, 0.2) is 22.8 Å². The van der Waals surface area contributed by atoms with Crippen molar-refractivity contribution in [2.24, 2.45) is 0 Å². The molecule has 1 N–H and O–H groups in total. The molecule has 0 bridgehead atoms. The highest BCUT2D eigenvalue weighted by Gasteiger charge is 2.52. The summed E-state index contributed by atoms with van der Waals surface area (Å²) in [6.07, 6.45) is -4.00. The minimum atomic E-state index is -1.46. The predicted molar refractivity (Wildman–Crippen MR) is 98.1 cm³/mol. The van der Waals surface area contributed by atoms with Gasteiger partial charge in [-0.25, -0.2) is 0 Å². The number of nitrogens with one attached hydrogen (secondary N) is 1. The Labute approximate surface area is 177 Å². The van der Waals surface area contributed by atoms with E-state index in [9.17, 15) is 24.0 Å². The lowest BCUT2D eigenvalue weighted by atomic mass is 9.96. The highest BCUT2D eigenvalue weighted by molar-refractivity contribution is 5.91. The van der Waals surface area contributed by atoms with E-state index in [4.69, 9.17) is 28.1 Å². The van der Waals surface area contributed by atoms with E-state index in [1.165, 1.54) is 18.4 Å². The van der Waals surface area contributed by atoms with Gasteiger partial charge in [-0.3, -0.25) is 24.0 Å². The van der Waals surface area contributed by atoms with Gasteiger partial charge in [-0.2, -0.15) is 0 Å². The molecule has 1 aromatic rings. The minimum Gasteiger partial charge on any atom is -0.463 e. The summed E-state index contributed by atoms with van der Waals surface area (Å²) < 4.78 is 31.4. The molecule has 1 saturated heterocycles. The van der Waals surface area contributed by atoms with E-state index in [-0.39, 0.29) is 5.76 Å². The maximum Gasteiger partial charge on any atom is 0.305 e. The van der Waals surface area contributed by atoms with E-state index < -0.39 is 67.0 Å². The van der Waals surface area contributed by atoms with Gasteiger partial charge in [0.05, 0.1) is 6.26 Å². The molecule has 31 heavy (non-hydrogen) atoms. The second kappa shape index (κ2) is 10.6. The van der Waals surface area contributed by atoms with Crippen molar-refractivity contribution in [3.63, 3.8) is 0 Å². The molecule has 0 aliphatic carbocycles. The van der Waals surface area contributed by atoms with Gasteiger partial charge in [-0.15, -0.1) is 0 Å². The average molecular weight is 441 g/mol. The van der Waals surface area contributed by atoms with Crippen LogP contribution in [-0.4, -0.2) is 67.0 Å². The Hall–Kier alpha value is -3.41. The standard InChI is InChI=1S/C19H23NO11/c1-9(21)27-8-14-16(28-10(2)22)17(29-11(3)23)15(19(31-14)30-12(4)24)20-18(25)13-6-5-7-26-13/h5-7,14-17,19H,8H2,1-4H3,(H,20,25)/t14-,15+,16-,17+,19-/m0/s1. The van der Waals surface area contributed by atoms with Crippen molar-refractivity contribution in [3.8, 4) is 0 Å². The molecular formula is C19H23NO11. The molecule has 0 spiro atoms. The fourth-order valence-electron chi connectivity index (χ4n) is 2.95. The molecule has 0 saturated carbocycles. The number of hydrogen-bond donors (Lipinski definition) is 1. The van der Waals surface area contributed by atoms with Crippen LogP contribution in [0.2, 0.25) is 0 Å². The van der Waals surface area contributed by atoms with Crippen molar-refractivity contribution in [3.05, 3.63) is 24.2 Å². The molecule has 1 amide bonds. The molecule has 170 valence electrons. The van der Waals surface area contributed by atoms with Crippen LogP contribution in [0.25, 0.3) is 0 Å². The monoisotopic (exact) mass is 441 g/mol. The molecule has 0 radical (unpaired) electrons. The third-order valence-electron chi connectivity index (χ3n) is 4.03. The van der Waals surface area contributed by atoms with Crippen molar-refractivity contribution in [1.29, 1.82) is 0 Å². The molecule has 1 aliphatic rings. The van der Waals surface area contributed by atoms with Crippen LogP contribution in [-0.2, 0) is 42.9 Å². The van der Waals surface area contributed by atoms with Crippen LogP contribution in [0, 0.1) is 0 Å². The van der Waals surface area contributed by atoms with Crippen molar-refractivity contribution in [2.75, 3.05) is 6.61 Å². The Balaban J connectivity index is 2.42. The van der Waals surface area contributed by atoms with Crippen LogP contribution < -0.4 is 5.32 Å². The third-order valence-corrected chi connectivity index (χ3v) is 4.03. The average Bonchev–Trinajstić information content (AvgIpc) is 3.18. The highest BCUT2D eigenvalue weighted by Crippen LogP contribution is 2.28. The zero-order valence-corrected chi connectivity index (χ0v) is 17.3. The number of hydrogen-bond acceptors (Lipinski definition) is 11. The highest BCUT2D eigenvalue weighted by atomic mass is 16.7. The smallest absolute Gasteiger partial charge is 0.305 e. The first-order valence-electron chi connectivity index (χ1n) is 9.23. The summed E-state index contributed by atoms with van der Waals surface area (Å²) in [5.41, 5.74) is 0. The molecule has 2 rings (SSSR count). The number of amides is 1. The molecule has 1 fully saturated rings. The first kappa shape index (κ1) is 23.9. The van der Waals surface area contributed by atoms with Crippen LogP contribution in [0.5, 0.6) is 0 Å². The lowest BCUT2D eigenvalue weighted by Crippen LogP contribution is -2.67. The maximum absolute atomic E-state index is 12.5. The summed E-state index contributed by atoms with van der Waals surface area (Å²) in [6, 6.07) is 1.58. The van der Waals surface area contributed by atoms with Gasteiger partial charge in [0.2, 0.25) is 6.29 Å². The molecule has 12 nitrogen and oxygen atoms in total. The van der Waals surface area contributed by atoms with Gasteiger partial charge in [0, 0.05) is 27.7 Å². The molecule has 2 heterocycles. The maximum atomic E-state index is 12.5. The van der Waals surface area contributed by atoms with Crippen molar-refractivity contribution in [2.45, 2.75) is 58.3 Å². The number of carbonyl (C=O) groups excluding carboxylic acids is 5. The second-order valence-corrected chi connectivity index (χ2v) is 6.58. The molecule has 5 atom stereocenters. The summed E-state index contributed by atoms with van der Waals surface area (Å²) in [6.45, 7) is 4.08. The van der Waals surface area contributed by atoms with Gasteiger partial charge in [0.15, 0.2) is 18.0 Å². The Morgan fingerprint density at radius 1 is 0.903 bits per heavy atom. The molecule has 0 unspecified atom stereocenters. The molecule has 1 aliphatic heterocycles. The van der Waals surface area contributed by atoms with E-state index in [2.05, 4.69) is 5.32 Å². The fraction of sp³-hybridized carbons (Fsp3) is 0.526. The van der Waals surface area contributed by atoms with Crippen LogP contribution in [0.4, 0.5) is 0 Å². The number of rotatable bonds is 7. The van der Waals surface area contributed by atoms with Gasteiger partial charge in [0.1, 0.15) is 18.8 Å². The first-order valence-corrected chi connectivity index (χ1v) is 9.23. The fourth-order valence-corrected chi connectivity index (χ4v) is 2.95. The largest absolute Gasteiger partial charge is 0.463 e. The van der Waals surface area contributed by atoms with E-state index in [1.54, 1.807) is 0 Å². The second-order valence-electron chi connectivity index (χ2n) is 6.58. The topological polar surface area (TPSA) is 157 Å². The number of esters is 4. The van der Waals surface area contributed by atoms with E-state index in [0.29, 0.717) is 0 Å². The van der Waals surface area contributed by atoms with E-state index in [0.717, 1.165) is 27.7 Å². The molecule has 12 heteroatoms. The van der Waals surface area contributed by atoms with Crippen molar-refractivity contribution in [1.82, 2.24) is 5.32 Å². The number of ether oxygens (including phenoxy) is 5. The first-order chi connectivity index (χ1) is 14.6. The summed E-state index contributed by atoms with van der Waals surface area (Å²) >= 11 is 0. The normalized spacial score (nSPS) is 25.1. The number of carbonyl (C=O) groups is 5. The Morgan fingerprint density at radius 3 is 2.03 bits per heavy atom. The Bertz CT molecular complexity index is 819. The summed E-state index contributed by atoms with van der Waals surface area (Å²) in [7, 11) is 0. The predicted octanol–water partition coefficient (Wildman–Crippen LogP) is 0.0925. The Morgan fingerprint density at radius 2 is 1.52 bits per heavy atom. The summed E-state index contributed by atoms with van der Waals surface area (Å²) in [4.78, 5) is 58.9. The van der Waals surface area contributed by atoms with E-state index in [1.807, 2.05) is 0 Å². The number of furan rings is 1. The quantitative estimate of drug-likeness (QED) is 0.452.